The molecule has 0 radical (unpaired) electrons. The molecule has 2 aromatic rings. The summed E-state index contributed by atoms with van der Waals surface area (Å²) in [5.41, 5.74) is 1.62. The van der Waals surface area contributed by atoms with Gasteiger partial charge in [0.2, 0.25) is 0 Å². The molecule has 6 nitrogen and oxygen atoms in total. The van der Waals surface area contributed by atoms with Crippen molar-refractivity contribution in [3.63, 3.8) is 0 Å². The third kappa shape index (κ3) is 4.25. The van der Waals surface area contributed by atoms with Crippen LogP contribution in [-0.2, 0) is 4.79 Å². The molecule has 0 saturated heterocycles. The molecule has 0 aliphatic heterocycles. The fourth-order valence-electron chi connectivity index (χ4n) is 2.14. The molecule has 2 aromatic heterocycles. The van der Waals surface area contributed by atoms with Gasteiger partial charge in [-0.25, -0.2) is 14.8 Å². The van der Waals surface area contributed by atoms with Crippen LogP contribution in [0.15, 0.2) is 30.6 Å². The maximum Gasteiger partial charge on any atom is 0.326 e. The largest absolute Gasteiger partial charge is 0.480 e. The number of nitrogens with zero attached hydrogens (tertiary/aromatic N) is 3. The van der Waals surface area contributed by atoms with Gasteiger partial charge in [-0.1, -0.05) is 13.8 Å². The van der Waals surface area contributed by atoms with E-state index in [0.717, 1.165) is 11.3 Å². The summed E-state index contributed by atoms with van der Waals surface area (Å²) in [7, 11) is 0. The van der Waals surface area contributed by atoms with E-state index >= 15 is 0 Å². The number of anilines is 1. The minimum absolute atomic E-state index is 0.274. The molecule has 0 aliphatic carbocycles. The summed E-state index contributed by atoms with van der Waals surface area (Å²) in [4.78, 5) is 24.1. The number of pyridine rings is 1. The minimum atomic E-state index is -0.879. The Labute approximate surface area is 129 Å². The van der Waals surface area contributed by atoms with E-state index in [1.165, 1.54) is 0 Å². The number of hydrogen-bond acceptors (Lipinski definition) is 5. The average molecular weight is 300 g/mol. The van der Waals surface area contributed by atoms with Crippen molar-refractivity contribution in [2.45, 2.75) is 33.2 Å². The van der Waals surface area contributed by atoms with E-state index in [4.69, 9.17) is 0 Å². The highest BCUT2D eigenvalue weighted by Crippen LogP contribution is 2.18. The molecule has 0 saturated carbocycles. The van der Waals surface area contributed by atoms with Gasteiger partial charge in [-0.05, 0) is 31.4 Å². The van der Waals surface area contributed by atoms with Gasteiger partial charge >= 0.3 is 5.97 Å². The molecular weight excluding hydrogens is 280 g/mol. The highest BCUT2D eigenvalue weighted by atomic mass is 16.4. The zero-order valence-electron chi connectivity index (χ0n) is 12.9. The number of hydrogen-bond donors (Lipinski definition) is 2. The predicted molar refractivity (Wildman–Crippen MR) is 84.5 cm³/mol. The Kier molecular flexibility index (Phi) is 5.04. The number of carboxylic acids is 1. The molecule has 0 amide bonds. The van der Waals surface area contributed by atoms with E-state index in [9.17, 15) is 9.90 Å². The molecule has 0 aromatic carbocycles. The lowest BCUT2D eigenvalue weighted by Gasteiger charge is -2.17. The van der Waals surface area contributed by atoms with E-state index in [0.29, 0.717) is 18.1 Å². The lowest BCUT2D eigenvalue weighted by Crippen LogP contribution is -2.31. The van der Waals surface area contributed by atoms with Crippen molar-refractivity contribution in [1.29, 1.82) is 0 Å². The van der Waals surface area contributed by atoms with Crippen LogP contribution in [0, 0.1) is 12.8 Å². The van der Waals surface area contributed by atoms with Gasteiger partial charge in [0, 0.05) is 29.7 Å². The van der Waals surface area contributed by atoms with Crippen LogP contribution in [0.5, 0.6) is 0 Å². The molecule has 0 spiro atoms. The molecule has 2 heterocycles. The summed E-state index contributed by atoms with van der Waals surface area (Å²) < 4.78 is 0. The first-order chi connectivity index (χ1) is 10.5. The molecule has 116 valence electrons. The second-order valence-electron chi connectivity index (χ2n) is 5.62. The monoisotopic (exact) mass is 300 g/mol. The second-order valence-corrected chi connectivity index (χ2v) is 5.62. The Balaban J connectivity index is 2.28. The second kappa shape index (κ2) is 6.98. The first-order valence-electron chi connectivity index (χ1n) is 7.21. The Morgan fingerprint density at radius 3 is 2.55 bits per heavy atom. The molecular formula is C16H20N4O2. The molecule has 0 fully saturated rings. The average Bonchev–Trinajstić information content (AvgIpc) is 2.46. The molecule has 0 aliphatic rings. The van der Waals surface area contributed by atoms with Crippen molar-refractivity contribution in [2.75, 3.05) is 5.32 Å². The summed E-state index contributed by atoms with van der Waals surface area (Å²) in [5, 5.41) is 12.3. The van der Waals surface area contributed by atoms with E-state index in [-0.39, 0.29) is 5.92 Å². The lowest BCUT2D eigenvalue weighted by molar-refractivity contribution is -0.138. The van der Waals surface area contributed by atoms with Crippen LogP contribution in [0.2, 0.25) is 0 Å². The molecule has 1 atom stereocenters. The highest BCUT2D eigenvalue weighted by molar-refractivity contribution is 5.77. The maximum absolute atomic E-state index is 11.4. The summed E-state index contributed by atoms with van der Waals surface area (Å²) in [5.74, 6) is 0.470. The smallest absolute Gasteiger partial charge is 0.326 e. The van der Waals surface area contributed by atoms with Crippen molar-refractivity contribution in [1.82, 2.24) is 15.0 Å². The number of carbonyl (C=O) groups is 1. The van der Waals surface area contributed by atoms with Gasteiger partial charge in [0.15, 0.2) is 5.82 Å². The Morgan fingerprint density at radius 2 is 1.95 bits per heavy atom. The fraction of sp³-hybridized carbons (Fsp3) is 0.375. The number of aryl methyl sites for hydroxylation is 1. The minimum Gasteiger partial charge on any atom is -0.480 e. The van der Waals surface area contributed by atoms with E-state index in [1.54, 1.807) is 18.5 Å². The Morgan fingerprint density at radius 1 is 1.27 bits per heavy atom. The van der Waals surface area contributed by atoms with Gasteiger partial charge in [0.1, 0.15) is 11.9 Å². The first kappa shape index (κ1) is 15.9. The summed E-state index contributed by atoms with van der Waals surface area (Å²) in [6, 6.07) is 4.73. The SMILES string of the molecule is Cc1cc(N[C@H](CC(C)C)C(=O)O)nc(-c2ccncc2)n1. The molecule has 22 heavy (non-hydrogen) atoms. The normalized spacial score (nSPS) is 12.2. The molecule has 2 rings (SSSR count). The van der Waals surface area contributed by atoms with Crippen molar-refractivity contribution >= 4 is 11.8 Å². The van der Waals surface area contributed by atoms with Crippen LogP contribution >= 0.6 is 0 Å². The van der Waals surface area contributed by atoms with Crippen molar-refractivity contribution in [3.05, 3.63) is 36.3 Å². The summed E-state index contributed by atoms with van der Waals surface area (Å²) in [6.45, 7) is 5.84. The quantitative estimate of drug-likeness (QED) is 0.853. The van der Waals surface area contributed by atoms with Gasteiger partial charge < -0.3 is 10.4 Å². The van der Waals surface area contributed by atoms with Crippen LogP contribution < -0.4 is 5.32 Å². The van der Waals surface area contributed by atoms with Crippen molar-refractivity contribution in [2.24, 2.45) is 5.92 Å². The third-order valence-corrected chi connectivity index (χ3v) is 3.12. The molecule has 6 heteroatoms. The third-order valence-electron chi connectivity index (χ3n) is 3.12. The van der Waals surface area contributed by atoms with Gasteiger partial charge in [-0.15, -0.1) is 0 Å². The van der Waals surface area contributed by atoms with E-state index < -0.39 is 12.0 Å². The number of nitrogens with one attached hydrogen (secondary N) is 1. The van der Waals surface area contributed by atoms with Gasteiger partial charge in [-0.2, -0.15) is 0 Å². The zero-order chi connectivity index (χ0) is 16.1. The maximum atomic E-state index is 11.4. The Bertz CT molecular complexity index is 644. The topological polar surface area (TPSA) is 88.0 Å². The summed E-state index contributed by atoms with van der Waals surface area (Å²) >= 11 is 0. The lowest BCUT2D eigenvalue weighted by atomic mass is 10.0. The standard InChI is InChI=1S/C16H20N4O2/c1-10(2)8-13(16(21)22)19-14-9-11(3)18-15(20-14)12-4-6-17-7-5-12/h4-7,9-10,13H,8H2,1-3H3,(H,21,22)(H,18,19,20)/t13-/m1/s1. The van der Waals surface area contributed by atoms with Crippen LogP contribution in [0.4, 0.5) is 5.82 Å². The van der Waals surface area contributed by atoms with Crippen LogP contribution in [0.25, 0.3) is 11.4 Å². The van der Waals surface area contributed by atoms with Gasteiger partial charge in [0.05, 0.1) is 0 Å². The molecule has 2 N–H and O–H groups in total. The number of rotatable bonds is 6. The number of carboxylic acid groups (broad SMARTS) is 1. The van der Waals surface area contributed by atoms with Crippen molar-refractivity contribution in [3.8, 4) is 11.4 Å². The fourth-order valence-corrected chi connectivity index (χ4v) is 2.14. The predicted octanol–water partition coefficient (Wildman–Crippen LogP) is 2.76. The van der Waals surface area contributed by atoms with Crippen LogP contribution in [0.3, 0.4) is 0 Å². The number of aliphatic carboxylic acids is 1. The zero-order valence-corrected chi connectivity index (χ0v) is 12.9. The number of aromatic nitrogens is 3. The molecule has 0 bridgehead atoms. The molecule has 0 unspecified atom stereocenters. The Hall–Kier alpha value is -2.50. The van der Waals surface area contributed by atoms with Gasteiger partial charge in [-0.3, -0.25) is 4.98 Å². The van der Waals surface area contributed by atoms with Crippen LogP contribution in [-0.4, -0.2) is 32.1 Å². The van der Waals surface area contributed by atoms with E-state index in [2.05, 4.69) is 20.3 Å². The first-order valence-corrected chi connectivity index (χ1v) is 7.21. The summed E-state index contributed by atoms with van der Waals surface area (Å²) in [6.07, 6.45) is 3.88. The van der Waals surface area contributed by atoms with E-state index in [1.807, 2.05) is 32.9 Å². The van der Waals surface area contributed by atoms with Gasteiger partial charge in [0.25, 0.3) is 0 Å². The highest BCUT2D eigenvalue weighted by Gasteiger charge is 2.19. The van der Waals surface area contributed by atoms with Crippen molar-refractivity contribution < 1.29 is 9.90 Å². The van der Waals surface area contributed by atoms with Crippen LogP contribution in [0.1, 0.15) is 26.0 Å².